The smallest absolute Gasteiger partial charge is 0.245 e. The lowest BCUT2D eigenvalue weighted by molar-refractivity contribution is -0.141. The zero-order valence-corrected chi connectivity index (χ0v) is 21.3. The summed E-state index contributed by atoms with van der Waals surface area (Å²) in [6.45, 7) is 4.75. The van der Waals surface area contributed by atoms with Gasteiger partial charge in [-0.05, 0) is 44.2 Å². The molecule has 4 fully saturated rings. The van der Waals surface area contributed by atoms with Crippen LogP contribution in [0.3, 0.4) is 0 Å². The summed E-state index contributed by atoms with van der Waals surface area (Å²) >= 11 is 0. The van der Waals surface area contributed by atoms with Crippen molar-refractivity contribution in [1.29, 1.82) is 0 Å². The summed E-state index contributed by atoms with van der Waals surface area (Å²) < 4.78 is 11.9. The molecule has 5 rings (SSSR count). The minimum atomic E-state index is -0.986. The Morgan fingerprint density at radius 1 is 1.05 bits per heavy atom. The summed E-state index contributed by atoms with van der Waals surface area (Å²) in [6, 6.07) is 8.44. The molecule has 2 unspecified atom stereocenters. The van der Waals surface area contributed by atoms with E-state index in [9.17, 15) is 14.4 Å². The summed E-state index contributed by atoms with van der Waals surface area (Å²) in [6.07, 6.45) is 2.93. The Labute approximate surface area is 217 Å². The van der Waals surface area contributed by atoms with E-state index in [4.69, 9.17) is 14.6 Å². The van der Waals surface area contributed by atoms with E-state index in [1.54, 1.807) is 4.90 Å². The first-order valence-electron chi connectivity index (χ1n) is 13.6. The highest BCUT2D eigenvalue weighted by molar-refractivity contribution is 6.01. The lowest BCUT2D eigenvalue weighted by Crippen LogP contribution is -2.56. The van der Waals surface area contributed by atoms with Gasteiger partial charge in [0.05, 0.1) is 31.2 Å². The van der Waals surface area contributed by atoms with E-state index in [0.717, 1.165) is 19.5 Å². The van der Waals surface area contributed by atoms with Crippen LogP contribution in [-0.2, 0) is 23.9 Å². The Hall–Kier alpha value is -2.53. The van der Waals surface area contributed by atoms with Crippen LogP contribution in [-0.4, -0.2) is 103 Å². The highest BCUT2D eigenvalue weighted by atomic mass is 16.5. The number of hydrogen-bond acceptors (Lipinski definition) is 7. The largest absolute Gasteiger partial charge is 0.396 e. The molecule has 10 heteroatoms. The molecule has 0 aromatic heterocycles. The number of aliphatic hydroxyl groups excluding tert-OH is 1. The monoisotopic (exact) mass is 514 g/mol. The topological polar surface area (TPSA) is 120 Å². The van der Waals surface area contributed by atoms with Crippen molar-refractivity contribution < 1.29 is 29.0 Å². The van der Waals surface area contributed by atoms with Gasteiger partial charge in [0.2, 0.25) is 17.7 Å². The van der Waals surface area contributed by atoms with Crippen molar-refractivity contribution in [3.63, 3.8) is 0 Å². The first-order chi connectivity index (χ1) is 18.0. The molecule has 4 aliphatic heterocycles. The van der Waals surface area contributed by atoms with Crippen molar-refractivity contribution in [1.82, 2.24) is 15.1 Å². The lowest BCUT2D eigenvalue weighted by atomic mass is 9.70. The number of anilines is 1. The number of carbonyl (C=O) groups is 3. The van der Waals surface area contributed by atoms with Crippen molar-refractivity contribution in [3.05, 3.63) is 30.3 Å². The number of amides is 3. The number of ether oxygens (including phenoxy) is 2. The van der Waals surface area contributed by atoms with Crippen molar-refractivity contribution in [3.8, 4) is 0 Å². The third kappa shape index (κ3) is 5.12. The maximum atomic E-state index is 13.9. The average molecular weight is 515 g/mol. The summed E-state index contributed by atoms with van der Waals surface area (Å²) in [5, 5.41) is 15.2. The number of hydrogen-bond donors (Lipinski definition) is 3. The molecule has 0 aliphatic carbocycles. The molecule has 3 amide bonds. The van der Waals surface area contributed by atoms with Crippen LogP contribution in [0.2, 0.25) is 0 Å². The second-order valence-electron chi connectivity index (χ2n) is 10.5. The van der Waals surface area contributed by atoms with Gasteiger partial charge in [0.15, 0.2) is 0 Å². The Morgan fingerprint density at radius 3 is 2.59 bits per heavy atom. The fourth-order valence-corrected chi connectivity index (χ4v) is 6.57. The Kier molecular flexibility index (Phi) is 8.09. The number of nitrogens with one attached hydrogen (secondary N) is 2. The van der Waals surface area contributed by atoms with Gasteiger partial charge in [-0.2, -0.15) is 0 Å². The van der Waals surface area contributed by atoms with Crippen molar-refractivity contribution in [2.24, 2.45) is 11.8 Å². The van der Waals surface area contributed by atoms with Gasteiger partial charge in [-0.15, -0.1) is 0 Å². The van der Waals surface area contributed by atoms with E-state index in [2.05, 4.69) is 15.5 Å². The van der Waals surface area contributed by atoms with Crippen LogP contribution in [0.15, 0.2) is 30.3 Å². The maximum absolute atomic E-state index is 13.9. The lowest BCUT2D eigenvalue weighted by Gasteiger charge is -2.34. The minimum Gasteiger partial charge on any atom is -0.396 e. The number of morpholine rings is 1. The number of unbranched alkanes of at least 4 members (excludes halogenated alkanes) is 2. The predicted molar refractivity (Wildman–Crippen MR) is 136 cm³/mol. The van der Waals surface area contributed by atoms with Crippen LogP contribution >= 0.6 is 0 Å². The fourth-order valence-electron chi connectivity index (χ4n) is 6.57. The van der Waals surface area contributed by atoms with Crippen LogP contribution in [0.1, 0.15) is 32.1 Å². The molecular weight excluding hydrogens is 476 g/mol. The normalized spacial score (nSPS) is 30.9. The Morgan fingerprint density at radius 2 is 1.84 bits per heavy atom. The van der Waals surface area contributed by atoms with Gasteiger partial charge in [0.1, 0.15) is 11.6 Å². The maximum Gasteiger partial charge on any atom is 0.245 e. The van der Waals surface area contributed by atoms with E-state index in [0.29, 0.717) is 64.2 Å². The number of fused-ring (bicyclic) bond motifs is 1. The van der Waals surface area contributed by atoms with Gasteiger partial charge in [-0.3, -0.25) is 19.3 Å². The second-order valence-corrected chi connectivity index (χ2v) is 10.5. The molecule has 0 radical (unpaired) electrons. The molecule has 10 nitrogen and oxygen atoms in total. The number of rotatable bonds is 11. The zero-order chi connectivity index (χ0) is 25.8. The SMILES string of the molecule is O=C(NCCN1CCOCC1)C1N(CCCCCO)C(=O)[C@@H]2[C@H](C(=O)Nc3ccccc3)[C@@H]3CCC12O3. The van der Waals surface area contributed by atoms with E-state index < -0.39 is 23.5 Å². The Bertz CT molecular complexity index is 971. The van der Waals surface area contributed by atoms with Crippen LogP contribution in [0.5, 0.6) is 0 Å². The molecule has 1 spiro atoms. The van der Waals surface area contributed by atoms with Gasteiger partial charge in [-0.1, -0.05) is 18.2 Å². The molecule has 1 aromatic carbocycles. The molecule has 4 heterocycles. The van der Waals surface area contributed by atoms with Gasteiger partial charge in [-0.25, -0.2) is 0 Å². The third-order valence-corrected chi connectivity index (χ3v) is 8.28. The van der Waals surface area contributed by atoms with Gasteiger partial charge < -0.3 is 30.1 Å². The van der Waals surface area contributed by atoms with Gasteiger partial charge in [0, 0.05) is 45.0 Å². The highest BCUT2D eigenvalue weighted by Crippen LogP contribution is 2.58. The standard InChI is InChI=1S/C27H38N4O6/c32-16-6-2-5-12-31-23(25(34)28-11-13-30-14-17-36-18-15-30)27-10-9-20(37-27)21(22(27)26(31)35)24(33)29-19-7-3-1-4-8-19/h1,3-4,7-8,20-23,32H,2,5-6,9-18H2,(H,28,34)(H,29,33)/t20-,21+,22-,23?,27?/m0/s1. The van der Waals surface area contributed by atoms with E-state index in [1.165, 1.54) is 0 Å². The third-order valence-electron chi connectivity index (χ3n) is 8.28. The molecule has 2 bridgehead atoms. The first-order valence-corrected chi connectivity index (χ1v) is 13.6. The van der Waals surface area contributed by atoms with Crippen LogP contribution in [0.4, 0.5) is 5.69 Å². The summed E-state index contributed by atoms with van der Waals surface area (Å²) in [5.41, 5.74) is -0.312. The first kappa shape index (κ1) is 26.1. The summed E-state index contributed by atoms with van der Waals surface area (Å²) in [7, 11) is 0. The summed E-state index contributed by atoms with van der Waals surface area (Å²) in [5.74, 6) is -1.93. The molecule has 37 heavy (non-hydrogen) atoms. The molecule has 3 N–H and O–H groups in total. The zero-order valence-electron chi connectivity index (χ0n) is 21.3. The van der Waals surface area contributed by atoms with Gasteiger partial charge in [0.25, 0.3) is 0 Å². The summed E-state index contributed by atoms with van der Waals surface area (Å²) in [4.78, 5) is 44.8. The van der Waals surface area contributed by atoms with E-state index >= 15 is 0 Å². The number of aliphatic hydroxyl groups is 1. The molecule has 4 aliphatic rings. The molecule has 1 aromatic rings. The van der Waals surface area contributed by atoms with Crippen LogP contribution in [0.25, 0.3) is 0 Å². The minimum absolute atomic E-state index is 0.0957. The number of nitrogens with zero attached hydrogens (tertiary/aromatic N) is 2. The number of para-hydroxylation sites is 1. The number of likely N-dealkylation sites (tertiary alicyclic amines) is 1. The van der Waals surface area contributed by atoms with Crippen LogP contribution < -0.4 is 10.6 Å². The van der Waals surface area contributed by atoms with Crippen LogP contribution in [0, 0.1) is 11.8 Å². The fraction of sp³-hybridized carbons (Fsp3) is 0.667. The molecule has 202 valence electrons. The molecule has 0 saturated carbocycles. The van der Waals surface area contributed by atoms with E-state index in [-0.39, 0.29) is 30.4 Å². The molecule has 5 atom stereocenters. The van der Waals surface area contributed by atoms with Crippen molar-refractivity contribution in [2.45, 2.75) is 49.9 Å². The van der Waals surface area contributed by atoms with Crippen molar-refractivity contribution in [2.75, 3.05) is 57.9 Å². The second kappa shape index (κ2) is 11.5. The predicted octanol–water partition coefficient (Wildman–Crippen LogP) is 0.611. The highest BCUT2D eigenvalue weighted by Gasteiger charge is 2.74. The molecule has 4 saturated heterocycles. The molecular formula is C27H38N4O6. The van der Waals surface area contributed by atoms with Gasteiger partial charge >= 0.3 is 0 Å². The number of benzene rings is 1. The number of carbonyl (C=O) groups excluding carboxylic acids is 3. The Balaban J connectivity index is 1.33. The van der Waals surface area contributed by atoms with E-state index in [1.807, 2.05) is 30.3 Å². The quantitative estimate of drug-likeness (QED) is 0.370. The van der Waals surface area contributed by atoms with Crippen molar-refractivity contribution >= 4 is 23.4 Å². The average Bonchev–Trinajstić information content (AvgIpc) is 3.55.